The molecule has 2 heterocycles. The molecule has 7 heteroatoms. The fraction of sp³-hybridized carbons (Fsp3) is 0.269. The van der Waals surface area contributed by atoms with Crippen LogP contribution in [0.15, 0.2) is 66.0 Å². The molecule has 0 saturated heterocycles. The summed E-state index contributed by atoms with van der Waals surface area (Å²) in [6.07, 6.45) is -4.42. The third kappa shape index (κ3) is 5.14. The van der Waals surface area contributed by atoms with Gasteiger partial charge in [-0.1, -0.05) is 57.2 Å². The van der Waals surface area contributed by atoms with E-state index in [9.17, 15) is 18.0 Å². The Morgan fingerprint density at radius 3 is 2.33 bits per heavy atom. The predicted octanol–water partition coefficient (Wildman–Crippen LogP) is 7.00. The number of aromatic nitrogens is 1. The lowest BCUT2D eigenvalue weighted by Gasteiger charge is -2.19. The normalized spacial score (nSPS) is 12.3. The van der Waals surface area contributed by atoms with E-state index in [4.69, 9.17) is 0 Å². The predicted molar refractivity (Wildman–Crippen MR) is 127 cm³/mol. The second kappa shape index (κ2) is 8.71. The summed E-state index contributed by atoms with van der Waals surface area (Å²) in [5.74, 6) is -0.317. The molecule has 172 valence electrons. The molecule has 4 rings (SSSR count). The summed E-state index contributed by atoms with van der Waals surface area (Å²) < 4.78 is 41.9. The topological polar surface area (TPSA) is 34.0 Å². The molecule has 2 aromatic carbocycles. The zero-order valence-electron chi connectivity index (χ0n) is 18.7. The fourth-order valence-corrected chi connectivity index (χ4v) is 4.58. The first-order chi connectivity index (χ1) is 15.5. The number of nitrogens with zero attached hydrogens (tertiary/aromatic N) is 1. The van der Waals surface area contributed by atoms with E-state index in [-0.39, 0.29) is 17.9 Å². The smallest absolute Gasteiger partial charge is 0.347 e. The van der Waals surface area contributed by atoms with E-state index in [0.717, 1.165) is 27.9 Å². The van der Waals surface area contributed by atoms with Gasteiger partial charge in [-0.15, -0.1) is 11.3 Å². The summed E-state index contributed by atoms with van der Waals surface area (Å²) in [6.45, 7) is 7.03. The van der Waals surface area contributed by atoms with Gasteiger partial charge in [-0.2, -0.15) is 13.2 Å². The first-order valence-corrected chi connectivity index (χ1v) is 11.5. The number of nitrogens with one attached hydrogen (secondary N) is 1. The maximum atomic E-state index is 13.0. The highest BCUT2D eigenvalue weighted by Gasteiger charge is 2.30. The van der Waals surface area contributed by atoms with Gasteiger partial charge in [-0.3, -0.25) is 4.79 Å². The Labute approximate surface area is 194 Å². The van der Waals surface area contributed by atoms with Crippen LogP contribution < -0.4 is 5.32 Å². The SMILES string of the molecule is CC(C)(C)c1ccc(Cn2c(C(=O)NCc3cccc(C(F)(F)F)c3)cc3sccc32)cc1. The standard InChI is InChI=1S/C26H25F3N2OS/c1-25(2,3)19-9-7-17(8-10-19)16-31-21-11-12-33-23(21)14-22(31)24(32)30-15-18-5-4-6-20(13-18)26(27,28)29/h4-14H,15-16H2,1-3H3,(H,30,32). The molecule has 1 N–H and O–H groups in total. The van der Waals surface area contributed by atoms with Gasteiger partial charge in [-0.05, 0) is 51.8 Å². The van der Waals surface area contributed by atoms with Crippen molar-refractivity contribution in [1.82, 2.24) is 9.88 Å². The zero-order chi connectivity index (χ0) is 23.8. The molecule has 0 saturated carbocycles. The van der Waals surface area contributed by atoms with E-state index in [0.29, 0.717) is 17.8 Å². The number of carbonyl (C=O) groups excluding carboxylic acids is 1. The molecule has 0 radical (unpaired) electrons. The molecule has 0 atom stereocenters. The van der Waals surface area contributed by atoms with Gasteiger partial charge in [-0.25, -0.2) is 0 Å². The third-order valence-corrected chi connectivity index (χ3v) is 6.48. The van der Waals surface area contributed by atoms with Gasteiger partial charge < -0.3 is 9.88 Å². The number of rotatable bonds is 5. The number of carbonyl (C=O) groups is 1. The number of benzene rings is 2. The third-order valence-electron chi connectivity index (χ3n) is 5.62. The Morgan fingerprint density at radius 1 is 0.939 bits per heavy atom. The largest absolute Gasteiger partial charge is 0.416 e. The Morgan fingerprint density at radius 2 is 1.67 bits per heavy atom. The van der Waals surface area contributed by atoms with Crippen LogP contribution in [0.2, 0.25) is 0 Å². The van der Waals surface area contributed by atoms with Crippen LogP contribution in [0.25, 0.3) is 10.2 Å². The maximum absolute atomic E-state index is 13.0. The molecule has 0 bridgehead atoms. The van der Waals surface area contributed by atoms with Crippen LogP contribution in [-0.2, 0) is 24.7 Å². The lowest BCUT2D eigenvalue weighted by atomic mass is 9.87. The Bertz CT molecular complexity index is 1280. The summed E-state index contributed by atoms with van der Waals surface area (Å²) in [5, 5.41) is 4.76. The first-order valence-electron chi connectivity index (χ1n) is 10.6. The van der Waals surface area contributed by atoms with E-state index in [1.165, 1.54) is 11.6 Å². The quantitative estimate of drug-likeness (QED) is 0.335. The molecule has 0 spiro atoms. The van der Waals surface area contributed by atoms with E-state index in [1.807, 2.05) is 22.1 Å². The molecule has 2 aromatic heterocycles. The molecule has 4 aromatic rings. The van der Waals surface area contributed by atoms with Gasteiger partial charge in [0.2, 0.25) is 0 Å². The van der Waals surface area contributed by atoms with Crippen molar-refractivity contribution < 1.29 is 18.0 Å². The molecule has 3 nitrogen and oxygen atoms in total. The summed E-state index contributed by atoms with van der Waals surface area (Å²) in [6, 6.07) is 17.2. The van der Waals surface area contributed by atoms with Crippen LogP contribution in [0.4, 0.5) is 13.2 Å². The van der Waals surface area contributed by atoms with E-state index < -0.39 is 11.7 Å². The number of hydrogen-bond donors (Lipinski definition) is 1. The summed E-state index contributed by atoms with van der Waals surface area (Å²) >= 11 is 1.55. The number of hydrogen-bond acceptors (Lipinski definition) is 2. The maximum Gasteiger partial charge on any atom is 0.416 e. The highest BCUT2D eigenvalue weighted by Crippen LogP contribution is 2.30. The number of thiophene rings is 1. The highest BCUT2D eigenvalue weighted by atomic mass is 32.1. The van der Waals surface area contributed by atoms with Crippen molar-refractivity contribution in [3.8, 4) is 0 Å². The number of amides is 1. The molecule has 0 unspecified atom stereocenters. The molecular weight excluding hydrogens is 445 g/mol. The van der Waals surface area contributed by atoms with Crippen molar-refractivity contribution in [2.75, 3.05) is 0 Å². The van der Waals surface area contributed by atoms with Crippen LogP contribution in [0.3, 0.4) is 0 Å². The average molecular weight is 471 g/mol. The Kier molecular flexibility index (Phi) is 6.10. The first kappa shape index (κ1) is 23.1. The van der Waals surface area contributed by atoms with Crippen molar-refractivity contribution in [2.24, 2.45) is 0 Å². The van der Waals surface area contributed by atoms with Gasteiger partial charge in [0, 0.05) is 13.1 Å². The molecular formula is C26H25F3N2OS. The van der Waals surface area contributed by atoms with Gasteiger partial charge in [0.1, 0.15) is 5.69 Å². The van der Waals surface area contributed by atoms with Gasteiger partial charge in [0.15, 0.2) is 0 Å². The zero-order valence-corrected chi connectivity index (χ0v) is 19.5. The molecule has 33 heavy (non-hydrogen) atoms. The highest BCUT2D eigenvalue weighted by molar-refractivity contribution is 7.17. The Balaban J connectivity index is 1.55. The van der Waals surface area contributed by atoms with Crippen molar-refractivity contribution in [3.63, 3.8) is 0 Å². The lowest BCUT2D eigenvalue weighted by Crippen LogP contribution is -2.26. The van der Waals surface area contributed by atoms with Crippen LogP contribution in [0.1, 0.15) is 53.5 Å². The molecule has 0 aliphatic rings. The second-order valence-corrected chi connectivity index (χ2v) is 10.1. The number of halogens is 3. The second-order valence-electron chi connectivity index (χ2n) is 9.11. The van der Waals surface area contributed by atoms with Crippen LogP contribution in [0.5, 0.6) is 0 Å². The monoisotopic (exact) mass is 470 g/mol. The minimum Gasteiger partial charge on any atom is -0.347 e. The summed E-state index contributed by atoms with van der Waals surface area (Å²) in [5.41, 5.74) is 3.49. The van der Waals surface area contributed by atoms with Crippen LogP contribution in [-0.4, -0.2) is 10.5 Å². The fourth-order valence-electron chi connectivity index (χ4n) is 3.76. The van der Waals surface area contributed by atoms with E-state index in [1.54, 1.807) is 17.4 Å². The molecule has 1 amide bonds. The summed E-state index contributed by atoms with van der Waals surface area (Å²) in [4.78, 5) is 13.0. The Hall–Kier alpha value is -3.06. The van der Waals surface area contributed by atoms with Crippen molar-refractivity contribution in [1.29, 1.82) is 0 Å². The minimum absolute atomic E-state index is 0.0157. The van der Waals surface area contributed by atoms with Gasteiger partial charge in [0.25, 0.3) is 5.91 Å². The lowest BCUT2D eigenvalue weighted by molar-refractivity contribution is -0.137. The van der Waals surface area contributed by atoms with Gasteiger partial charge >= 0.3 is 6.18 Å². The van der Waals surface area contributed by atoms with Crippen LogP contribution >= 0.6 is 11.3 Å². The molecule has 0 aliphatic heterocycles. The van der Waals surface area contributed by atoms with Gasteiger partial charge in [0.05, 0.1) is 15.8 Å². The number of alkyl halides is 3. The molecule has 0 aliphatic carbocycles. The summed E-state index contributed by atoms with van der Waals surface area (Å²) in [7, 11) is 0. The van der Waals surface area contributed by atoms with Crippen LogP contribution in [0, 0.1) is 0 Å². The van der Waals surface area contributed by atoms with Crippen molar-refractivity contribution in [2.45, 2.75) is 45.5 Å². The van der Waals surface area contributed by atoms with E-state index >= 15 is 0 Å². The van der Waals surface area contributed by atoms with Crippen molar-refractivity contribution in [3.05, 3.63) is 94.0 Å². The van der Waals surface area contributed by atoms with E-state index in [2.05, 4.69) is 50.4 Å². The number of fused-ring (bicyclic) bond motifs is 1. The molecule has 0 fully saturated rings. The average Bonchev–Trinajstić information content (AvgIpc) is 3.34. The minimum atomic E-state index is -4.42. The van der Waals surface area contributed by atoms with Crippen molar-refractivity contribution >= 4 is 27.5 Å².